The lowest BCUT2D eigenvalue weighted by molar-refractivity contribution is 0.619. The van der Waals surface area contributed by atoms with Crippen LogP contribution in [0, 0.1) is 12.7 Å². The number of halogens is 2. The molecule has 0 aliphatic rings. The fourth-order valence-corrected chi connectivity index (χ4v) is 1.82. The first-order valence-electron chi connectivity index (χ1n) is 5.14. The van der Waals surface area contributed by atoms with Crippen molar-refractivity contribution in [1.29, 1.82) is 0 Å². The number of nitrogens with two attached hydrogens (primary N) is 1. The average Bonchev–Trinajstić information content (AvgIpc) is 2.29. The summed E-state index contributed by atoms with van der Waals surface area (Å²) in [6.07, 6.45) is 0. The summed E-state index contributed by atoms with van der Waals surface area (Å²) < 4.78 is 14.3. The molecule has 17 heavy (non-hydrogen) atoms. The van der Waals surface area contributed by atoms with Crippen molar-refractivity contribution < 1.29 is 4.39 Å². The van der Waals surface area contributed by atoms with E-state index in [-0.39, 0.29) is 5.82 Å². The highest BCUT2D eigenvalue weighted by Crippen LogP contribution is 2.27. The molecule has 0 fully saturated rings. The van der Waals surface area contributed by atoms with Gasteiger partial charge in [-0.15, -0.1) is 0 Å². The number of benzene rings is 2. The maximum absolute atomic E-state index is 13.4. The molecule has 0 aliphatic heterocycles. The van der Waals surface area contributed by atoms with Crippen LogP contribution in [0.25, 0.3) is 0 Å². The fourth-order valence-electron chi connectivity index (χ4n) is 1.46. The van der Waals surface area contributed by atoms with Crippen LogP contribution in [0.1, 0.15) is 5.56 Å². The first-order chi connectivity index (χ1) is 8.06. The summed E-state index contributed by atoms with van der Waals surface area (Å²) in [5.41, 5.74) is 8.50. The first-order valence-corrected chi connectivity index (χ1v) is 5.94. The number of nitrogen functional groups attached to an aromatic ring is 1. The highest BCUT2D eigenvalue weighted by atomic mass is 79.9. The third kappa shape index (κ3) is 2.77. The van der Waals surface area contributed by atoms with E-state index in [0.717, 1.165) is 10.2 Å². The zero-order valence-electron chi connectivity index (χ0n) is 9.30. The number of hydrogen-bond donors (Lipinski definition) is 2. The Morgan fingerprint density at radius 1 is 1.18 bits per heavy atom. The van der Waals surface area contributed by atoms with E-state index in [4.69, 9.17) is 5.73 Å². The van der Waals surface area contributed by atoms with Crippen molar-refractivity contribution in [2.45, 2.75) is 6.92 Å². The largest absolute Gasteiger partial charge is 0.397 e. The van der Waals surface area contributed by atoms with Crippen LogP contribution in [0.3, 0.4) is 0 Å². The van der Waals surface area contributed by atoms with Crippen LogP contribution in [0.2, 0.25) is 0 Å². The van der Waals surface area contributed by atoms with Gasteiger partial charge >= 0.3 is 0 Å². The van der Waals surface area contributed by atoms with Gasteiger partial charge in [-0.25, -0.2) is 4.39 Å². The Bertz CT molecular complexity index is 555. The molecule has 2 aromatic rings. The minimum Gasteiger partial charge on any atom is -0.397 e. The Morgan fingerprint density at radius 3 is 2.65 bits per heavy atom. The van der Waals surface area contributed by atoms with Crippen molar-refractivity contribution in [2.24, 2.45) is 0 Å². The molecule has 3 N–H and O–H groups in total. The predicted molar refractivity (Wildman–Crippen MR) is 73.0 cm³/mol. The van der Waals surface area contributed by atoms with Crippen molar-refractivity contribution in [3.05, 3.63) is 52.3 Å². The zero-order valence-corrected chi connectivity index (χ0v) is 10.9. The molecule has 0 bridgehead atoms. The predicted octanol–water partition coefficient (Wildman–Crippen LogP) is 4.22. The third-order valence-corrected chi connectivity index (χ3v) is 2.96. The number of aryl methyl sites for hydroxylation is 1. The standard InChI is InChI=1S/C13H12BrFN2/c1-8-2-4-10(7-11(8)15)17-13-6-9(14)3-5-12(13)16/h2-7,17H,16H2,1H3. The monoisotopic (exact) mass is 294 g/mol. The summed E-state index contributed by atoms with van der Waals surface area (Å²) in [6.45, 7) is 1.73. The molecule has 0 saturated carbocycles. The lowest BCUT2D eigenvalue weighted by Gasteiger charge is -2.10. The van der Waals surface area contributed by atoms with Crippen molar-refractivity contribution in [3.63, 3.8) is 0 Å². The van der Waals surface area contributed by atoms with Gasteiger partial charge in [0.05, 0.1) is 11.4 Å². The van der Waals surface area contributed by atoms with Gasteiger partial charge in [-0.05, 0) is 42.8 Å². The van der Waals surface area contributed by atoms with Crippen LogP contribution < -0.4 is 11.1 Å². The van der Waals surface area contributed by atoms with Gasteiger partial charge in [0.15, 0.2) is 0 Å². The second-order valence-corrected chi connectivity index (χ2v) is 4.74. The van der Waals surface area contributed by atoms with Crippen LogP contribution >= 0.6 is 15.9 Å². The van der Waals surface area contributed by atoms with E-state index in [9.17, 15) is 4.39 Å². The van der Waals surface area contributed by atoms with Gasteiger partial charge in [-0.1, -0.05) is 22.0 Å². The van der Waals surface area contributed by atoms with E-state index in [0.29, 0.717) is 16.9 Å². The van der Waals surface area contributed by atoms with Crippen LogP contribution in [-0.2, 0) is 0 Å². The van der Waals surface area contributed by atoms with E-state index in [1.165, 1.54) is 6.07 Å². The van der Waals surface area contributed by atoms with Crippen molar-refractivity contribution in [2.75, 3.05) is 11.1 Å². The molecule has 0 unspecified atom stereocenters. The molecule has 0 spiro atoms. The molecule has 0 aromatic heterocycles. The molecule has 0 saturated heterocycles. The van der Waals surface area contributed by atoms with E-state index in [1.807, 2.05) is 18.2 Å². The van der Waals surface area contributed by atoms with Crippen molar-refractivity contribution in [3.8, 4) is 0 Å². The molecular weight excluding hydrogens is 283 g/mol. The number of anilines is 3. The van der Waals surface area contributed by atoms with Gasteiger partial charge in [0.1, 0.15) is 5.82 Å². The van der Waals surface area contributed by atoms with Crippen LogP contribution in [0.4, 0.5) is 21.5 Å². The summed E-state index contributed by atoms with van der Waals surface area (Å²) in [5, 5.41) is 3.09. The van der Waals surface area contributed by atoms with Gasteiger partial charge in [0.2, 0.25) is 0 Å². The Labute approximate surface area is 108 Å². The summed E-state index contributed by atoms with van der Waals surface area (Å²) in [7, 11) is 0. The molecule has 0 radical (unpaired) electrons. The third-order valence-electron chi connectivity index (χ3n) is 2.47. The second kappa shape index (κ2) is 4.75. The highest BCUT2D eigenvalue weighted by Gasteiger charge is 2.03. The molecule has 88 valence electrons. The van der Waals surface area contributed by atoms with E-state index < -0.39 is 0 Å². The maximum atomic E-state index is 13.4. The Morgan fingerprint density at radius 2 is 1.94 bits per heavy atom. The minimum atomic E-state index is -0.233. The molecule has 0 heterocycles. The normalized spacial score (nSPS) is 10.3. The van der Waals surface area contributed by atoms with Crippen LogP contribution in [0.5, 0.6) is 0 Å². The molecule has 2 rings (SSSR count). The van der Waals surface area contributed by atoms with Gasteiger partial charge in [-0.2, -0.15) is 0 Å². The topological polar surface area (TPSA) is 38.0 Å². The zero-order chi connectivity index (χ0) is 12.4. The van der Waals surface area contributed by atoms with Gasteiger partial charge in [-0.3, -0.25) is 0 Å². The summed E-state index contributed by atoms with van der Waals surface area (Å²) >= 11 is 3.37. The quantitative estimate of drug-likeness (QED) is 0.814. The minimum absolute atomic E-state index is 0.233. The lowest BCUT2D eigenvalue weighted by atomic mass is 10.2. The summed E-state index contributed by atoms with van der Waals surface area (Å²) in [4.78, 5) is 0. The summed E-state index contributed by atoms with van der Waals surface area (Å²) in [6, 6.07) is 10.5. The summed E-state index contributed by atoms with van der Waals surface area (Å²) in [5.74, 6) is -0.233. The van der Waals surface area contributed by atoms with Gasteiger partial charge < -0.3 is 11.1 Å². The van der Waals surface area contributed by atoms with E-state index >= 15 is 0 Å². The highest BCUT2D eigenvalue weighted by molar-refractivity contribution is 9.10. The fraction of sp³-hybridized carbons (Fsp3) is 0.0769. The molecule has 2 nitrogen and oxygen atoms in total. The van der Waals surface area contributed by atoms with Crippen molar-refractivity contribution in [1.82, 2.24) is 0 Å². The first kappa shape index (κ1) is 11.9. The molecule has 0 atom stereocenters. The smallest absolute Gasteiger partial charge is 0.128 e. The van der Waals surface area contributed by atoms with E-state index in [2.05, 4.69) is 21.2 Å². The number of nitrogens with one attached hydrogen (secondary N) is 1. The van der Waals surface area contributed by atoms with E-state index in [1.54, 1.807) is 19.1 Å². The maximum Gasteiger partial charge on any atom is 0.128 e. The molecule has 0 amide bonds. The van der Waals surface area contributed by atoms with Crippen molar-refractivity contribution >= 4 is 33.0 Å². The molecule has 2 aromatic carbocycles. The van der Waals surface area contributed by atoms with Crippen LogP contribution in [-0.4, -0.2) is 0 Å². The molecule has 4 heteroatoms. The van der Waals surface area contributed by atoms with Gasteiger partial charge in [0.25, 0.3) is 0 Å². The molecule has 0 aliphatic carbocycles. The number of hydrogen-bond acceptors (Lipinski definition) is 2. The van der Waals surface area contributed by atoms with Gasteiger partial charge in [0, 0.05) is 10.2 Å². The lowest BCUT2D eigenvalue weighted by Crippen LogP contribution is -1.97. The average molecular weight is 295 g/mol. The van der Waals surface area contributed by atoms with Crippen LogP contribution in [0.15, 0.2) is 40.9 Å². The second-order valence-electron chi connectivity index (χ2n) is 3.82. The molecular formula is C13H12BrFN2. The number of rotatable bonds is 2. The Hall–Kier alpha value is -1.55. The Balaban J connectivity index is 2.31. The SMILES string of the molecule is Cc1ccc(Nc2cc(Br)ccc2N)cc1F. The Kier molecular flexibility index (Phi) is 3.33.